The van der Waals surface area contributed by atoms with E-state index >= 15 is 0 Å². The van der Waals surface area contributed by atoms with E-state index in [2.05, 4.69) is 20.8 Å². The van der Waals surface area contributed by atoms with Gasteiger partial charge in [-0.05, 0) is 0 Å². The largest absolute Gasteiger partial charge is 0.360 e. The van der Waals surface area contributed by atoms with Gasteiger partial charge in [-0.1, -0.05) is 5.16 Å². The van der Waals surface area contributed by atoms with Crippen LogP contribution in [0.1, 0.15) is 23.9 Å². The summed E-state index contributed by atoms with van der Waals surface area (Å²) in [4.78, 5) is 40.4. The minimum Gasteiger partial charge on any atom is -0.360 e. The molecule has 0 radical (unpaired) electrons. The van der Waals surface area contributed by atoms with E-state index in [0.29, 0.717) is 11.5 Å². The zero-order valence-corrected chi connectivity index (χ0v) is 13.6. The molecule has 136 valence electrons. The predicted octanol–water partition coefficient (Wildman–Crippen LogP) is -2.50. The van der Waals surface area contributed by atoms with Crippen molar-refractivity contribution >= 4 is 23.8 Å². The minimum atomic E-state index is -0.850. The molecule has 1 aliphatic heterocycles. The number of carbonyl (C=O) groups excluding carboxylic acids is 3. The SMILES string of the molecule is CN(C(=O)C[C@@H](N)c1cc(CN)on1)C1CN=C(NC(N)=O)NC1=O. The second-order valence-corrected chi connectivity index (χ2v) is 5.42. The molecule has 1 unspecified atom stereocenters. The number of aromatic nitrogens is 1. The molecule has 1 aliphatic rings. The summed E-state index contributed by atoms with van der Waals surface area (Å²) in [6.45, 7) is 0.162. The average molecular weight is 352 g/mol. The maximum absolute atomic E-state index is 12.4. The molecule has 2 atom stereocenters. The van der Waals surface area contributed by atoms with Crippen molar-refractivity contribution in [1.82, 2.24) is 20.7 Å². The monoisotopic (exact) mass is 352 g/mol. The number of nitrogens with zero attached hydrogens (tertiary/aromatic N) is 3. The van der Waals surface area contributed by atoms with E-state index in [-0.39, 0.29) is 31.4 Å². The third kappa shape index (κ3) is 4.51. The van der Waals surface area contributed by atoms with Gasteiger partial charge in [0.25, 0.3) is 5.91 Å². The summed E-state index contributed by atoms with van der Waals surface area (Å²) >= 11 is 0. The Balaban J connectivity index is 1.96. The van der Waals surface area contributed by atoms with Crippen LogP contribution in [0.4, 0.5) is 4.79 Å². The van der Waals surface area contributed by atoms with E-state index in [9.17, 15) is 14.4 Å². The number of guanidine groups is 1. The number of amides is 4. The van der Waals surface area contributed by atoms with Crippen molar-refractivity contribution < 1.29 is 18.9 Å². The highest BCUT2D eigenvalue weighted by Crippen LogP contribution is 2.16. The lowest BCUT2D eigenvalue weighted by molar-refractivity contribution is -0.138. The Bertz CT molecular complexity index is 700. The van der Waals surface area contributed by atoms with Crippen molar-refractivity contribution in [3.8, 4) is 0 Å². The van der Waals surface area contributed by atoms with Crippen LogP contribution < -0.4 is 27.8 Å². The molecule has 2 heterocycles. The van der Waals surface area contributed by atoms with Crippen LogP contribution in [0.25, 0.3) is 0 Å². The quantitative estimate of drug-likeness (QED) is 0.386. The Hall–Kier alpha value is -2.99. The minimum absolute atomic E-state index is 0.0137. The Morgan fingerprint density at radius 3 is 2.84 bits per heavy atom. The third-order valence-corrected chi connectivity index (χ3v) is 3.62. The molecule has 1 aromatic heterocycles. The fourth-order valence-corrected chi connectivity index (χ4v) is 2.20. The summed E-state index contributed by atoms with van der Waals surface area (Å²) in [5, 5.41) is 8.29. The molecule has 0 aromatic carbocycles. The van der Waals surface area contributed by atoms with Crippen LogP contribution in [0, 0.1) is 0 Å². The summed E-state index contributed by atoms with van der Waals surface area (Å²) in [6, 6.07) is -0.786. The third-order valence-electron chi connectivity index (χ3n) is 3.62. The summed E-state index contributed by atoms with van der Waals surface area (Å²) < 4.78 is 4.95. The van der Waals surface area contributed by atoms with Gasteiger partial charge in [0.15, 0.2) is 5.76 Å². The molecule has 0 saturated heterocycles. The summed E-state index contributed by atoms with van der Waals surface area (Å²) in [5.74, 6) is -0.452. The summed E-state index contributed by atoms with van der Waals surface area (Å²) in [5.41, 5.74) is 16.7. The number of urea groups is 1. The van der Waals surface area contributed by atoms with Crippen LogP contribution in [0.5, 0.6) is 0 Å². The van der Waals surface area contributed by atoms with Crippen LogP contribution in [-0.4, -0.2) is 53.5 Å². The van der Waals surface area contributed by atoms with Gasteiger partial charge >= 0.3 is 6.03 Å². The highest BCUT2D eigenvalue weighted by molar-refractivity contribution is 6.07. The van der Waals surface area contributed by atoms with Gasteiger partial charge < -0.3 is 26.6 Å². The van der Waals surface area contributed by atoms with Gasteiger partial charge in [-0.2, -0.15) is 0 Å². The first-order chi connectivity index (χ1) is 11.8. The van der Waals surface area contributed by atoms with Crippen LogP contribution >= 0.6 is 0 Å². The summed E-state index contributed by atoms with van der Waals surface area (Å²) in [7, 11) is 1.47. The zero-order valence-electron chi connectivity index (χ0n) is 13.6. The van der Waals surface area contributed by atoms with Gasteiger partial charge in [0, 0.05) is 19.5 Å². The summed E-state index contributed by atoms with van der Waals surface area (Å²) in [6.07, 6.45) is -0.0765. The molecule has 0 saturated carbocycles. The average Bonchev–Trinajstić information content (AvgIpc) is 3.03. The normalized spacial score (nSPS) is 18.1. The van der Waals surface area contributed by atoms with Crippen molar-refractivity contribution in [3.63, 3.8) is 0 Å². The first-order valence-corrected chi connectivity index (χ1v) is 7.40. The molecule has 0 aliphatic carbocycles. The van der Waals surface area contributed by atoms with Gasteiger partial charge in [0.2, 0.25) is 11.9 Å². The number of likely N-dealkylation sites (N-methyl/N-ethyl adjacent to an activating group) is 1. The van der Waals surface area contributed by atoms with E-state index in [1.54, 1.807) is 6.07 Å². The van der Waals surface area contributed by atoms with Crippen molar-refractivity contribution in [2.24, 2.45) is 22.2 Å². The standard InChI is InChI=1S/C13H20N8O4/c1-21(9-5-17-13(18-11(9)23)19-12(16)24)10(22)3-7(15)8-2-6(4-14)25-20-8/h2,7,9H,3-5,14-15H2,1H3,(H4,16,17,18,19,23,24)/t7-,9?/m1/s1. The van der Waals surface area contributed by atoms with Gasteiger partial charge in [-0.3, -0.25) is 20.2 Å². The molecule has 0 spiro atoms. The van der Waals surface area contributed by atoms with Crippen molar-refractivity contribution in [2.75, 3.05) is 13.6 Å². The molecule has 0 fully saturated rings. The molecule has 1 aromatic rings. The molecule has 12 heteroatoms. The number of aliphatic imine (C=N–C) groups is 1. The first-order valence-electron chi connectivity index (χ1n) is 7.40. The predicted molar refractivity (Wildman–Crippen MR) is 85.7 cm³/mol. The lowest BCUT2D eigenvalue weighted by Gasteiger charge is -2.29. The van der Waals surface area contributed by atoms with Crippen molar-refractivity contribution in [3.05, 3.63) is 17.5 Å². The topological polar surface area (TPSA) is 195 Å². The van der Waals surface area contributed by atoms with Gasteiger partial charge in [0.05, 0.1) is 19.1 Å². The van der Waals surface area contributed by atoms with E-state index in [1.165, 1.54) is 11.9 Å². The Labute approximate surface area is 142 Å². The molecule has 25 heavy (non-hydrogen) atoms. The molecular formula is C13H20N8O4. The number of nitrogens with one attached hydrogen (secondary N) is 2. The Morgan fingerprint density at radius 2 is 2.28 bits per heavy atom. The molecule has 12 nitrogen and oxygen atoms in total. The molecule has 2 rings (SSSR count). The Morgan fingerprint density at radius 1 is 1.56 bits per heavy atom. The van der Waals surface area contributed by atoms with Crippen LogP contribution in [0.3, 0.4) is 0 Å². The highest BCUT2D eigenvalue weighted by Gasteiger charge is 2.31. The van der Waals surface area contributed by atoms with E-state index < -0.39 is 24.0 Å². The van der Waals surface area contributed by atoms with E-state index in [0.717, 1.165) is 0 Å². The number of hydrogen-bond donors (Lipinski definition) is 5. The number of primary amides is 1. The number of rotatable bonds is 5. The molecule has 8 N–H and O–H groups in total. The molecule has 0 bridgehead atoms. The van der Waals surface area contributed by atoms with E-state index in [4.69, 9.17) is 21.7 Å². The fraction of sp³-hybridized carbons (Fsp3) is 0.462. The molecule has 4 amide bonds. The second kappa shape index (κ2) is 7.72. The number of carbonyl (C=O) groups is 3. The van der Waals surface area contributed by atoms with Crippen LogP contribution in [-0.2, 0) is 16.1 Å². The lowest BCUT2D eigenvalue weighted by Crippen LogP contribution is -2.58. The van der Waals surface area contributed by atoms with Gasteiger partial charge in [0.1, 0.15) is 11.7 Å². The zero-order chi connectivity index (χ0) is 18.6. The van der Waals surface area contributed by atoms with Gasteiger partial charge in [-0.15, -0.1) is 0 Å². The lowest BCUT2D eigenvalue weighted by atomic mass is 10.1. The second-order valence-electron chi connectivity index (χ2n) is 5.42. The van der Waals surface area contributed by atoms with Crippen molar-refractivity contribution in [1.29, 1.82) is 0 Å². The van der Waals surface area contributed by atoms with Crippen LogP contribution in [0.15, 0.2) is 15.6 Å². The smallest absolute Gasteiger partial charge is 0.318 e. The molecular weight excluding hydrogens is 332 g/mol. The first kappa shape index (κ1) is 18.4. The highest BCUT2D eigenvalue weighted by atomic mass is 16.5. The van der Waals surface area contributed by atoms with Crippen LogP contribution in [0.2, 0.25) is 0 Å². The Kier molecular flexibility index (Phi) is 5.67. The number of hydrogen-bond acceptors (Lipinski definition) is 8. The number of nitrogens with two attached hydrogens (primary N) is 3. The van der Waals surface area contributed by atoms with Crippen molar-refractivity contribution in [2.45, 2.75) is 25.0 Å². The van der Waals surface area contributed by atoms with Gasteiger partial charge in [-0.25, -0.2) is 9.79 Å². The maximum Gasteiger partial charge on any atom is 0.318 e. The fourth-order valence-electron chi connectivity index (χ4n) is 2.20. The van der Waals surface area contributed by atoms with E-state index in [1.807, 2.05) is 0 Å². The maximum atomic E-state index is 12.4.